The van der Waals surface area contributed by atoms with Crippen LogP contribution in [0.25, 0.3) is 0 Å². The zero-order valence-corrected chi connectivity index (χ0v) is 8.96. The predicted octanol–water partition coefficient (Wildman–Crippen LogP) is 1.25. The van der Waals surface area contributed by atoms with Crippen LogP contribution in [0, 0.1) is 0 Å². The first kappa shape index (κ1) is 8.83. The monoisotopic (exact) mass is 209 g/mol. The highest BCUT2D eigenvalue weighted by molar-refractivity contribution is 7.09. The molecule has 2 aliphatic rings. The molecule has 76 valence electrons. The number of fused-ring (bicyclic) bond motifs is 1. The summed E-state index contributed by atoms with van der Waals surface area (Å²) in [5.41, 5.74) is 1.94. The Morgan fingerprint density at radius 1 is 1.50 bits per heavy atom. The summed E-state index contributed by atoms with van der Waals surface area (Å²) in [4.78, 5) is 8.25. The summed E-state index contributed by atoms with van der Waals surface area (Å²) < 4.78 is 0. The molecule has 1 unspecified atom stereocenters. The molecule has 0 aromatic carbocycles. The van der Waals surface area contributed by atoms with Crippen LogP contribution in [0.3, 0.4) is 0 Å². The first-order valence-corrected chi connectivity index (χ1v) is 6.18. The van der Waals surface area contributed by atoms with Crippen molar-refractivity contribution in [3.05, 3.63) is 16.6 Å². The lowest BCUT2D eigenvalue weighted by molar-refractivity contribution is 0.140. The van der Waals surface area contributed by atoms with Gasteiger partial charge in [-0.25, -0.2) is 0 Å². The Morgan fingerprint density at radius 3 is 3.36 bits per heavy atom. The molecule has 1 aromatic rings. The molecule has 3 nitrogen and oxygen atoms in total. The van der Waals surface area contributed by atoms with Crippen molar-refractivity contribution in [1.82, 2.24) is 15.2 Å². The second kappa shape index (κ2) is 3.61. The van der Waals surface area contributed by atoms with Crippen molar-refractivity contribution in [3.8, 4) is 0 Å². The molecule has 4 heteroatoms. The van der Waals surface area contributed by atoms with Crippen LogP contribution in [0.1, 0.15) is 23.8 Å². The predicted molar refractivity (Wildman–Crippen MR) is 57.5 cm³/mol. The molecule has 2 aliphatic heterocycles. The van der Waals surface area contributed by atoms with Crippen LogP contribution < -0.4 is 5.32 Å². The fourth-order valence-corrected chi connectivity index (χ4v) is 3.39. The summed E-state index contributed by atoms with van der Waals surface area (Å²) in [6, 6.07) is 1.36. The Balaban J connectivity index is 1.84. The number of rotatable bonds is 1. The number of nitrogens with zero attached hydrogens (tertiary/aromatic N) is 2. The zero-order chi connectivity index (χ0) is 9.38. The van der Waals surface area contributed by atoms with Gasteiger partial charge < -0.3 is 5.32 Å². The summed E-state index contributed by atoms with van der Waals surface area (Å²) in [6.07, 6.45) is 4.75. The quantitative estimate of drug-likeness (QED) is 0.754. The minimum Gasteiger partial charge on any atom is -0.313 e. The lowest BCUT2D eigenvalue weighted by Crippen LogP contribution is -2.49. The molecular weight excluding hydrogens is 194 g/mol. The number of piperazine rings is 1. The van der Waals surface area contributed by atoms with Crippen molar-refractivity contribution in [2.24, 2.45) is 0 Å². The van der Waals surface area contributed by atoms with Crippen molar-refractivity contribution in [3.63, 3.8) is 0 Å². The molecule has 1 aromatic heterocycles. The maximum atomic E-state index is 4.18. The minimum atomic E-state index is 0.587. The van der Waals surface area contributed by atoms with Crippen LogP contribution >= 0.6 is 11.3 Å². The Kier molecular flexibility index (Phi) is 2.27. The average molecular weight is 209 g/mol. The Morgan fingerprint density at radius 2 is 2.50 bits per heavy atom. The van der Waals surface area contributed by atoms with Crippen molar-refractivity contribution < 1.29 is 0 Å². The fourth-order valence-electron chi connectivity index (χ4n) is 2.65. The maximum Gasteiger partial charge on any atom is 0.0794 e. The fraction of sp³-hybridized carbons (Fsp3) is 0.700. The second-order valence-electron chi connectivity index (χ2n) is 4.11. The largest absolute Gasteiger partial charge is 0.313 e. The van der Waals surface area contributed by atoms with Crippen LogP contribution in [0.15, 0.2) is 11.7 Å². The molecule has 2 fully saturated rings. The summed E-state index contributed by atoms with van der Waals surface area (Å²) in [6.45, 7) is 3.54. The van der Waals surface area contributed by atoms with Gasteiger partial charge in [0.25, 0.3) is 0 Å². The zero-order valence-electron chi connectivity index (χ0n) is 8.15. The Bertz CT molecular complexity index is 298. The van der Waals surface area contributed by atoms with Gasteiger partial charge in [0.1, 0.15) is 0 Å². The molecule has 3 heterocycles. The standard InChI is InChI=1S/C10H15N3S/c1-2-8-4-11-5-9(13(8)3-1)10-6-12-7-14-10/h6-9,11H,1-5H2/t8-,9?/m0/s1. The summed E-state index contributed by atoms with van der Waals surface area (Å²) in [5, 5.41) is 3.53. The SMILES string of the molecule is c1ncc(C2CNC[C@@H]3CCCN23)s1. The molecule has 3 rings (SSSR count). The minimum absolute atomic E-state index is 0.587. The van der Waals surface area contributed by atoms with E-state index in [2.05, 4.69) is 15.2 Å². The van der Waals surface area contributed by atoms with Gasteiger partial charge in [-0.15, -0.1) is 11.3 Å². The van der Waals surface area contributed by atoms with E-state index in [-0.39, 0.29) is 0 Å². The van der Waals surface area contributed by atoms with Gasteiger partial charge in [0.15, 0.2) is 0 Å². The van der Waals surface area contributed by atoms with Crippen molar-refractivity contribution in [2.75, 3.05) is 19.6 Å². The highest BCUT2D eigenvalue weighted by atomic mass is 32.1. The third-order valence-corrected chi connectivity index (χ3v) is 4.20. The van der Waals surface area contributed by atoms with Gasteiger partial charge in [0.2, 0.25) is 0 Å². The second-order valence-corrected chi connectivity index (χ2v) is 5.03. The number of hydrogen-bond acceptors (Lipinski definition) is 4. The average Bonchev–Trinajstić information content (AvgIpc) is 2.88. The van der Waals surface area contributed by atoms with Gasteiger partial charge in [-0.2, -0.15) is 0 Å². The van der Waals surface area contributed by atoms with Gasteiger partial charge in [-0.3, -0.25) is 9.88 Å². The van der Waals surface area contributed by atoms with Crippen LogP contribution in [0.4, 0.5) is 0 Å². The Labute approximate surface area is 88.1 Å². The topological polar surface area (TPSA) is 28.2 Å². The van der Waals surface area contributed by atoms with Gasteiger partial charge in [-0.05, 0) is 19.4 Å². The van der Waals surface area contributed by atoms with Crippen LogP contribution in [-0.4, -0.2) is 35.6 Å². The third kappa shape index (κ3) is 1.38. The molecule has 14 heavy (non-hydrogen) atoms. The van der Waals surface area contributed by atoms with E-state index in [0.717, 1.165) is 12.6 Å². The van der Waals surface area contributed by atoms with Gasteiger partial charge in [0.05, 0.1) is 11.6 Å². The van der Waals surface area contributed by atoms with Crippen LogP contribution in [-0.2, 0) is 0 Å². The summed E-state index contributed by atoms with van der Waals surface area (Å²) in [7, 11) is 0. The molecule has 0 amide bonds. The summed E-state index contributed by atoms with van der Waals surface area (Å²) >= 11 is 1.79. The maximum absolute atomic E-state index is 4.18. The smallest absolute Gasteiger partial charge is 0.0794 e. The normalized spacial score (nSPS) is 33.1. The molecule has 2 saturated heterocycles. The molecule has 0 aliphatic carbocycles. The van der Waals surface area contributed by atoms with Crippen molar-refractivity contribution >= 4 is 11.3 Å². The van der Waals surface area contributed by atoms with Crippen molar-refractivity contribution in [1.29, 1.82) is 0 Å². The number of nitrogens with one attached hydrogen (secondary N) is 1. The van der Waals surface area contributed by atoms with E-state index in [4.69, 9.17) is 0 Å². The van der Waals surface area contributed by atoms with Gasteiger partial charge >= 0.3 is 0 Å². The molecule has 0 spiro atoms. The molecule has 0 saturated carbocycles. The molecule has 2 atom stereocenters. The summed E-state index contributed by atoms with van der Waals surface area (Å²) in [5.74, 6) is 0. The first-order valence-electron chi connectivity index (χ1n) is 5.30. The van der Waals surface area contributed by atoms with E-state index in [1.54, 1.807) is 11.3 Å². The third-order valence-electron chi connectivity index (χ3n) is 3.32. The van der Waals surface area contributed by atoms with Crippen molar-refractivity contribution in [2.45, 2.75) is 24.9 Å². The highest BCUT2D eigenvalue weighted by Crippen LogP contribution is 2.32. The lowest BCUT2D eigenvalue weighted by atomic mass is 10.1. The van der Waals surface area contributed by atoms with Gasteiger partial charge in [-0.1, -0.05) is 0 Å². The number of aromatic nitrogens is 1. The number of thiazole rings is 1. The number of hydrogen-bond donors (Lipinski definition) is 1. The van der Waals surface area contributed by atoms with E-state index < -0.39 is 0 Å². The van der Waals surface area contributed by atoms with E-state index >= 15 is 0 Å². The van der Waals surface area contributed by atoms with E-state index in [1.165, 1.54) is 30.8 Å². The van der Waals surface area contributed by atoms with E-state index in [9.17, 15) is 0 Å². The van der Waals surface area contributed by atoms with Gasteiger partial charge in [0, 0.05) is 30.2 Å². The molecule has 0 radical (unpaired) electrons. The van der Waals surface area contributed by atoms with E-state index in [0.29, 0.717) is 6.04 Å². The molecular formula is C10H15N3S. The first-order chi connectivity index (χ1) is 6.95. The van der Waals surface area contributed by atoms with Crippen LogP contribution in [0.2, 0.25) is 0 Å². The molecule has 0 bridgehead atoms. The lowest BCUT2D eigenvalue weighted by Gasteiger charge is -2.37. The van der Waals surface area contributed by atoms with Crippen LogP contribution in [0.5, 0.6) is 0 Å². The van der Waals surface area contributed by atoms with E-state index in [1.807, 2.05) is 11.7 Å². The Hall–Kier alpha value is -0.450. The highest BCUT2D eigenvalue weighted by Gasteiger charge is 2.34. The molecule has 1 N–H and O–H groups in total.